The number of likely N-dealkylation sites (N-methyl/N-ethyl adjacent to an activating group) is 1. The summed E-state index contributed by atoms with van der Waals surface area (Å²) in [6.07, 6.45) is 50.9. The van der Waals surface area contributed by atoms with Gasteiger partial charge in [-0.1, -0.05) is 219 Å². The molecule has 358 valence electrons. The van der Waals surface area contributed by atoms with Gasteiger partial charge in [-0.2, -0.15) is 0 Å². The summed E-state index contributed by atoms with van der Waals surface area (Å²) in [5, 5.41) is 0. The summed E-state index contributed by atoms with van der Waals surface area (Å²) in [5.74, 6) is -0.329. The summed E-state index contributed by atoms with van der Waals surface area (Å²) in [5.41, 5.74) is 0. The van der Waals surface area contributed by atoms with Crippen molar-refractivity contribution in [2.24, 2.45) is 0 Å². The van der Waals surface area contributed by atoms with Gasteiger partial charge in [0.1, 0.15) is 19.3 Å². The highest BCUT2D eigenvalue weighted by Gasteiger charge is 2.20. The van der Waals surface area contributed by atoms with Crippen LogP contribution in [0.5, 0.6) is 0 Å². The van der Waals surface area contributed by atoms with E-state index in [1.54, 1.807) is 0 Å². The summed E-state index contributed by atoms with van der Waals surface area (Å²) in [6, 6.07) is 0. The number of hydrogen-bond donors (Lipinski definition) is 0. The fourth-order valence-corrected chi connectivity index (χ4v) is 8.27. The van der Waals surface area contributed by atoms with E-state index in [1.807, 2.05) is 21.1 Å². The summed E-state index contributed by atoms with van der Waals surface area (Å²) in [4.78, 5) is 25.2. The Morgan fingerprint density at radius 1 is 0.500 bits per heavy atom. The molecule has 0 aromatic heterocycles. The molecule has 0 aliphatic carbocycles. The van der Waals surface area contributed by atoms with Crippen molar-refractivity contribution in [3.8, 4) is 0 Å². The van der Waals surface area contributed by atoms with Crippen LogP contribution in [0.25, 0.3) is 0 Å². The lowest BCUT2D eigenvalue weighted by Crippen LogP contribution is -2.37. The molecule has 0 aromatic rings. The summed E-state index contributed by atoms with van der Waals surface area (Å²) >= 11 is 0. The number of phosphoric acid groups is 1. The lowest BCUT2D eigenvalue weighted by molar-refractivity contribution is -0.870. The SMILES string of the molecule is CCCCCCCC/C=C\CCCCCCCCOCC(COP(=O)([O-])OCC[N+](C)(C)C)OC(=O)CCCCCCCCCCCCCCCCCCCCCCCC. The predicted octanol–water partition coefficient (Wildman–Crippen LogP) is 15.2. The predicted molar refractivity (Wildman–Crippen MR) is 254 cm³/mol. The number of carbonyl (C=O) groups is 1. The van der Waals surface area contributed by atoms with E-state index in [0.29, 0.717) is 24.1 Å². The number of unbranched alkanes of at least 4 members (excludes halogenated alkanes) is 33. The number of rotatable bonds is 49. The number of phosphoric ester groups is 1. The molecule has 0 aromatic carbocycles. The van der Waals surface area contributed by atoms with Crippen LogP contribution in [0.1, 0.15) is 251 Å². The molecule has 2 atom stereocenters. The maximum absolute atomic E-state index is 12.7. The molecular weight excluding hydrogens is 770 g/mol. The zero-order valence-corrected chi connectivity index (χ0v) is 41.6. The number of nitrogens with zero attached hydrogens (tertiary/aromatic N) is 1. The molecule has 0 rings (SSSR count). The van der Waals surface area contributed by atoms with Gasteiger partial charge in [-0.05, 0) is 38.5 Å². The van der Waals surface area contributed by atoms with Gasteiger partial charge in [0.05, 0.1) is 34.4 Å². The van der Waals surface area contributed by atoms with E-state index in [4.69, 9.17) is 18.5 Å². The van der Waals surface area contributed by atoms with E-state index in [0.717, 1.165) is 32.1 Å². The van der Waals surface area contributed by atoms with E-state index in [9.17, 15) is 14.3 Å². The van der Waals surface area contributed by atoms with E-state index in [2.05, 4.69) is 26.0 Å². The number of allylic oxidation sites excluding steroid dienone is 2. The van der Waals surface area contributed by atoms with Gasteiger partial charge in [-0.3, -0.25) is 9.36 Å². The minimum Gasteiger partial charge on any atom is -0.756 e. The average Bonchev–Trinajstić information content (AvgIpc) is 3.20. The smallest absolute Gasteiger partial charge is 0.306 e. The molecule has 0 fully saturated rings. The first-order chi connectivity index (χ1) is 29.1. The summed E-state index contributed by atoms with van der Waals surface area (Å²) in [6.45, 7) is 5.45. The first-order valence-electron chi connectivity index (χ1n) is 25.9. The molecule has 0 saturated heterocycles. The van der Waals surface area contributed by atoms with Crippen molar-refractivity contribution in [2.75, 3.05) is 54.1 Å². The maximum Gasteiger partial charge on any atom is 0.306 e. The molecule has 0 saturated carbocycles. The first kappa shape index (κ1) is 59.2. The maximum atomic E-state index is 12.7. The third-order valence-electron chi connectivity index (χ3n) is 11.6. The quantitative estimate of drug-likeness (QED) is 0.0198. The molecule has 0 bridgehead atoms. The third kappa shape index (κ3) is 48.3. The molecule has 0 aliphatic heterocycles. The number of ether oxygens (including phenoxy) is 2. The Morgan fingerprint density at radius 3 is 1.27 bits per heavy atom. The number of quaternary nitrogens is 1. The minimum atomic E-state index is -4.53. The van der Waals surface area contributed by atoms with Crippen molar-refractivity contribution < 1.29 is 37.3 Å². The fourth-order valence-electron chi connectivity index (χ4n) is 7.54. The molecule has 8 nitrogen and oxygen atoms in total. The number of esters is 1. The Hall–Kier alpha value is -0.760. The number of carbonyl (C=O) groups excluding carboxylic acids is 1. The Bertz CT molecular complexity index is 972. The average molecular weight is 872 g/mol. The van der Waals surface area contributed by atoms with Gasteiger partial charge in [0.25, 0.3) is 7.82 Å². The van der Waals surface area contributed by atoms with Crippen LogP contribution < -0.4 is 4.89 Å². The Balaban J connectivity index is 4.08. The van der Waals surface area contributed by atoms with Crippen LogP contribution in [-0.2, 0) is 27.9 Å². The van der Waals surface area contributed by atoms with Crippen molar-refractivity contribution in [3.63, 3.8) is 0 Å². The van der Waals surface area contributed by atoms with Gasteiger partial charge < -0.3 is 27.9 Å². The van der Waals surface area contributed by atoms with Crippen LogP contribution in [0.15, 0.2) is 12.2 Å². The molecule has 9 heteroatoms. The van der Waals surface area contributed by atoms with E-state index in [-0.39, 0.29) is 25.8 Å². The molecule has 0 N–H and O–H groups in total. The topological polar surface area (TPSA) is 94.1 Å². The molecule has 60 heavy (non-hydrogen) atoms. The molecule has 0 radical (unpaired) electrons. The highest BCUT2D eigenvalue weighted by molar-refractivity contribution is 7.45. The molecule has 0 aliphatic rings. The van der Waals surface area contributed by atoms with Gasteiger partial charge in [-0.15, -0.1) is 0 Å². The lowest BCUT2D eigenvalue weighted by Gasteiger charge is -2.28. The normalized spacial score (nSPS) is 13.6. The minimum absolute atomic E-state index is 0.0285. The van der Waals surface area contributed by atoms with E-state index in [1.165, 1.54) is 199 Å². The van der Waals surface area contributed by atoms with Gasteiger partial charge in [0.15, 0.2) is 0 Å². The van der Waals surface area contributed by atoms with Crippen LogP contribution in [-0.4, -0.2) is 70.7 Å². The van der Waals surface area contributed by atoms with Crippen molar-refractivity contribution in [1.82, 2.24) is 0 Å². The first-order valence-corrected chi connectivity index (χ1v) is 27.4. The van der Waals surface area contributed by atoms with E-state index < -0.39 is 13.9 Å². The monoisotopic (exact) mass is 872 g/mol. The molecule has 2 unspecified atom stereocenters. The Kier molecular flexibility index (Phi) is 44.3. The Labute approximate surface area is 373 Å². The Morgan fingerprint density at radius 2 is 0.867 bits per heavy atom. The zero-order valence-electron chi connectivity index (χ0n) is 40.7. The van der Waals surface area contributed by atoms with Crippen LogP contribution in [0.3, 0.4) is 0 Å². The number of hydrogen-bond acceptors (Lipinski definition) is 7. The lowest BCUT2D eigenvalue weighted by atomic mass is 10.0. The van der Waals surface area contributed by atoms with Crippen LogP contribution in [0.4, 0.5) is 0 Å². The van der Waals surface area contributed by atoms with Gasteiger partial charge in [-0.25, -0.2) is 0 Å². The second kappa shape index (κ2) is 44.8. The van der Waals surface area contributed by atoms with Crippen LogP contribution in [0, 0.1) is 0 Å². The zero-order chi connectivity index (χ0) is 44.1. The second-order valence-corrected chi connectivity index (χ2v) is 20.3. The molecule has 0 spiro atoms. The third-order valence-corrected chi connectivity index (χ3v) is 12.5. The molecular formula is C51H102NO7P. The fraction of sp³-hybridized carbons (Fsp3) is 0.941. The van der Waals surface area contributed by atoms with Crippen LogP contribution in [0.2, 0.25) is 0 Å². The van der Waals surface area contributed by atoms with Gasteiger partial charge in [0.2, 0.25) is 0 Å². The van der Waals surface area contributed by atoms with Crippen molar-refractivity contribution in [1.29, 1.82) is 0 Å². The van der Waals surface area contributed by atoms with E-state index >= 15 is 0 Å². The molecule has 0 heterocycles. The highest BCUT2D eigenvalue weighted by Crippen LogP contribution is 2.38. The van der Waals surface area contributed by atoms with Crippen molar-refractivity contribution in [3.05, 3.63) is 12.2 Å². The van der Waals surface area contributed by atoms with Gasteiger partial charge in [0, 0.05) is 13.0 Å². The molecule has 0 amide bonds. The van der Waals surface area contributed by atoms with Crippen molar-refractivity contribution >= 4 is 13.8 Å². The van der Waals surface area contributed by atoms with Crippen molar-refractivity contribution in [2.45, 2.75) is 258 Å². The highest BCUT2D eigenvalue weighted by atomic mass is 31.2. The summed E-state index contributed by atoms with van der Waals surface area (Å²) < 4.78 is 34.7. The van der Waals surface area contributed by atoms with Gasteiger partial charge >= 0.3 is 5.97 Å². The summed E-state index contributed by atoms with van der Waals surface area (Å²) in [7, 11) is 1.37. The largest absolute Gasteiger partial charge is 0.756 e. The second-order valence-electron chi connectivity index (χ2n) is 18.9. The standard InChI is InChI=1S/C51H102NO7P/c1-6-8-10-12-14-16-18-20-22-24-25-26-27-28-29-30-32-34-36-38-40-42-44-51(53)59-50(49-58-60(54,55)57-47-45-52(3,4)5)48-56-46-43-41-39-37-35-33-31-23-21-19-17-15-13-11-9-7-2/h21,23,50H,6-20,22,24-49H2,1-5H3/b23-21-. The van der Waals surface area contributed by atoms with Crippen LogP contribution >= 0.6 is 7.82 Å².